The topological polar surface area (TPSA) is 0 Å². The quantitative estimate of drug-likeness (QED) is 0.278. The Morgan fingerprint density at radius 3 is 1.93 bits per heavy atom. The largest absolute Gasteiger partial charge is 0.0637 e. The third-order valence-electron chi connectivity index (χ3n) is 12.1. The molecule has 4 aliphatic carbocycles. The van der Waals surface area contributed by atoms with E-state index in [4.69, 9.17) is 0 Å². The van der Waals surface area contributed by atoms with Crippen molar-refractivity contribution in [2.45, 2.75) is 92.9 Å². The minimum absolute atomic E-state index is 0.0119. The van der Waals surface area contributed by atoms with E-state index in [1.807, 2.05) is 0 Å². The molecule has 0 bridgehead atoms. The molecule has 0 spiro atoms. The second-order valence-electron chi connectivity index (χ2n) is 16.7. The van der Waals surface area contributed by atoms with E-state index in [-0.39, 0.29) is 21.7 Å². The van der Waals surface area contributed by atoms with Crippen LogP contribution in [0.3, 0.4) is 0 Å². The fourth-order valence-electron chi connectivity index (χ4n) is 9.68. The van der Waals surface area contributed by atoms with Crippen molar-refractivity contribution in [2.75, 3.05) is 0 Å². The average Bonchev–Trinajstić information content (AvgIpc) is 3.55. The highest BCUT2D eigenvalue weighted by atomic mass is 14.6. The number of benzene rings is 3. The molecule has 0 radical (unpaired) electrons. The van der Waals surface area contributed by atoms with E-state index in [0.29, 0.717) is 5.92 Å². The molecule has 3 aromatic carbocycles. The fourth-order valence-corrected chi connectivity index (χ4v) is 9.68. The van der Waals surface area contributed by atoms with Crippen molar-refractivity contribution >= 4 is 17.2 Å². The maximum Gasteiger partial charge on any atom is 0.0324 e. The Balaban J connectivity index is 1.52. The minimum atomic E-state index is -0.254. The molecule has 2 atom stereocenters. The van der Waals surface area contributed by atoms with Gasteiger partial charge in [-0.3, -0.25) is 0 Å². The van der Waals surface area contributed by atoms with Crippen LogP contribution in [0.2, 0.25) is 0 Å². The van der Waals surface area contributed by atoms with Gasteiger partial charge in [0.2, 0.25) is 0 Å². The van der Waals surface area contributed by atoms with E-state index in [1.165, 1.54) is 87.8 Å². The summed E-state index contributed by atoms with van der Waals surface area (Å²) in [6.07, 6.45) is 19.5. The molecule has 0 aromatic heterocycles. The van der Waals surface area contributed by atoms with Crippen molar-refractivity contribution in [1.29, 1.82) is 0 Å². The number of fused-ring (bicyclic) bond motifs is 3. The van der Waals surface area contributed by atoms with E-state index in [0.717, 1.165) is 0 Å². The highest BCUT2D eigenvalue weighted by Crippen LogP contribution is 2.71. The van der Waals surface area contributed by atoms with Gasteiger partial charge in [-0.15, -0.1) is 0 Å². The highest BCUT2D eigenvalue weighted by Gasteiger charge is 2.61. The molecule has 236 valence electrons. The first-order valence-electron chi connectivity index (χ1n) is 17.7. The van der Waals surface area contributed by atoms with E-state index < -0.39 is 0 Å². The minimum Gasteiger partial charge on any atom is -0.0637 e. The van der Waals surface area contributed by atoms with Crippen molar-refractivity contribution < 1.29 is 0 Å². The fraction of sp³-hybridized carbons (Fsp3) is 0.391. The lowest BCUT2D eigenvalue weighted by atomic mass is 9.43. The monoisotopic (exact) mass is 604 g/mol. The van der Waals surface area contributed by atoms with Gasteiger partial charge in [0.25, 0.3) is 0 Å². The molecule has 0 heteroatoms. The summed E-state index contributed by atoms with van der Waals surface area (Å²) in [7, 11) is 0. The van der Waals surface area contributed by atoms with Crippen LogP contribution in [0.15, 0.2) is 114 Å². The van der Waals surface area contributed by atoms with Crippen molar-refractivity contribution in [1.82, 2.24) is 0 Å². The maximum absolute atomic E-state index is 2.76. The van der Waals surface area contributed by atoms with E-state index in [1.54, 1.807) is 5.57 Å². The van der Waals surface area contributed by atoms with Gasteiger partial charge in [0.05, 0.1) is 0 Å². The van der Waals surface area contributed by atoms with Gasteiger partial charge in [0, 0.05) is 10.8 Å². The zero-order valence-electron chi connectivity index (χ0n) is 29.4. The number of allylic oxidation sites excluding steroid dienone is 9. The SMILES string of the molecule is CC1=CC=C(C2CCCCC2)C1(C)C1(C(C)(C)C)C=C2C(=Cc3cc(-c4ccccc4)c(C(C)(C)C)cc32)C=C1c1ccccc1. The lowest BCUT2D eigenvalue weighted by Crippen LogP contribution is -2.51. The summed E-state index contributed by atoms with van der Waals surface area (Å²) in [6.45, 7) is 19.6. The van der Waals surface area contributed by atoms with Crippen LogP contribution in [0.4, 0.5) is 0 Å². The molecule has 4 aliphatic rings. The molecule has 46 heavy (non-hydrogen) atoms. The van der Waals surface area contributed by atoms with Gasteiger partial charge >= 0.3 is 0 Å². The lowest BCUT2D eigenvalue weighted by molar-refractivity contribution is 0.0947. The molecule has 0 nitrogen and oxygen atoms in total. The molecule has 2 unspecified atom stereocenters. The smallest absolute Gasteiger partial charge is 0.0324 e. The zero-order chi connectivity index (χ0) is 32.5. The second kappa shape index (κ2) is 11.0. The summed E-state index contributed by atoms with van der Waals surface area (Å²) in [6, 6.07) is 27.3. The summed E-state index contributed by atoms with van der Waals surface area (Å²) in [4.78, 5) is 0. The van der Waals surface area contributed by atoms with Crippen LogP contribution in [0, 0.1) is 22.2 Å². The van der Waals surface area contributed by atoms with E-state index in [9.17, 15) is 0 Å². The highest BCUT2D eigenvalue weighted by molar-refractivity contribution is 6.04. The Kier molecular flexibility index (Phi) is 7.39. The summed E-state index contributed by atoms with van der Waals surface area (Å²) in [5, 5.41) is 0. The van der Waals surface area contributed by atoms with Crippen LogP contribution in [0.1, 0.15) is 110 Å². The summed E-state index contributed by atoms with van der Waals surface area (Å²) >= 11 is 0. The Morgan fingerprint density at radius 2 is 1.33 bits per heavy atom. The molecule has 0 saturated heterocycles. The Bertz CT molecular complexity index is 1820. The van der Waals surface area contributed by atoms with Crippen molar-refractivity contribution in [3.63, 3.8) is 0 Å². The van der Waals surface area contributed by atoms with Gasteiger partial charge in [-0.1, -0.05) is 158 Å². The maximum atomic E-state index is 2.76. The summed E-state index contributed by atoms with van der Waals surface area (Å²) in [5.41, 5.74) is 15.1. The molecule has 3 aromatic rings. The van der Waals surface area contributed by atoms with Crippen molar-refractivity contribution in [3.8, 4) is 11.1 Å². The Morgan fingerprint density at radius 1 is 0.696 bits per heavy atom. The lowest BCUT2D eigenvalue weighted by Gasteiger charge is -2.59. The molecule has 7 rings (SSSR count). The third-order valence-corrected chi connectivity index (χ3v) is 12.1. The molecule has 1 fully saturated rings. The van der Waals surface area contributed by atoms with Crippen LogP contribution >= 0.6 is 0 Å². The standard InChI is InChI=1S/C46H52/c1-31-24-25-40(33-20-14-10-15-21-33)45(31,8)46(44(5,6)7)30-39-36(28-41(46)34-22-16-11-17-23-34)26-35-27-38(32-18-12-9-13-19-32)42(29-37(35)39)43(2,3)4/h9,11-13,16-19,22-30,33H,10,14-15,20-21H2,1-8H3. The van der Waals surface area contributed by atoms with Crippen LogP contribution in [-0.4, -0.2) is 0 Å². The Hall–Kier alpha value is -3.64. The van der Waals surface area contributed by atoms with Gasteiger partial charge in [-0.05, 0) is 111 Å². The van der Waals surface area contributed by atoms with Gasteiger partial charge < -0.3 is 0 Å². The predicted molar refractivity (Wildman–Crippen MR) is 199 cm³/mol. The van der Waals surface area contributed by atoms with Gasteiger partial charge in [-0.2, -0.15) is 0 Å². The molecule has 0 amide bonds. The second-order valence-corrected chi connectivity index (χ2v) is 16.7. The molecule has 1 saturated carbocycles. The first-order valence-corrected chi connectivity index (χ1v) is 17.7. The summed E-state index contributed by atoms with van der Waals surface area (Å²) < 4.78 is 0. The first-order chi connectivity index (χ1) is 21.9. The molecular formula is C46H52. The molecular weight excluding hydrogens is 553 g/mol. The van der Waals surface area contributed by atoms with E-state index in [2.05, 4.69) is 159 Å². The van der Waals surface area contributed by atoms with Crippen LogP contribution in [-0.2, 0) is 5.41 Å². The molecule has 0 aliphatic heterocycles. The van der Waals surface area contributed by atoms with Crippen LogP contribution in [0.25, 0.3) is 28.3 Å². The number of hydrogen-bond acceptors (Lipinski definition) is 0. The molecule has 0 N–H and O–H groups in total. The predicted octanol–water partition coefficient (Wildman–Crippen LogP) is 13.0. The first kappa shape index (κ1) is 31.0. The average molecular weight is 605 g/mol. The van der Waals surface area contributed by atoms with Crippen molar-refractivity contribution in [3.05, 3.63) is 136 Å². The number of rotatable bonds is 4. The summed E-state index contributed by atoms with van der Waals surface area (Å²) in [5.74, 6) is 0.649. The molecule has 0 heterocycles. The normalized spacial score (nSPS) is 24.8. The van der Waals surface area contributed by atoms with Crippen LogP contribution in [0.5, 0.6) is 0 Å². The van der Waals surface area contributed by atoms with E-state index >= 15 is 0 Å². The van der Waals surface area contributed by atoms with Crippen molar-refractivity contribution in [2.24, 2.45) is 22.2 Å². The van der Waals surface area contributed by atoms with Gasteiger partial charge in [-0.25, -0.2) is 0 Å². The van der Waals surface area contributed by atoms with Crippen LogP contribution < -0.4 is 0 Å². The third kappa shape index (κ3) is 4.62. The van der Waals surface area contributed by atoms with Gasteiger partial charge in [0.1, 0.15) is 0 Å². The number of hydrogen-bond donors (Lipinski definition) is 0. The zero-order valence-corrected chi connectivity index (χ0v) is 29.4. The van der Waals surface area contributed by atoms with Gasteiger partial charge in [0.15, 0.2) is 0 Å². The Labute approximate surface area is 278 Å².